The van der Waals surface area contributed by atoms with Crippen molar-refractivity contribution in [1.29, 1.82) is 0 Å². The van der Waals surface area contributed by atoms with Crippen molar-refractivity contribution in [2.24, 2.45) is 0 Å². The number of carbonyl (C=O) groups excluding carboxylic acids is 1. The van der Waals surface area contributed by atoms with Gasteiger partial charge in [-0.05, 0) is 73.1 Å². The Morgan fingerprint density at radius 3 is 2.67 bits per heavy atom. The largest absolute Gasteiger partial charge is 0.481 e. The maximum Gasteiger partial charge on any atom is 0.261 e. The number of ether oxygens (including phenoxy) is 1. The van der Waals surface area contributed by atoms with Crippen LogP contribution in [-0.4, -0.2) is 17.0 Å². The van der Waals surface area contributed by atoms with Crippen LogP contribution in [0.15, 0.2) is 42.7 Å². The van der Waals surface area contributed by atoms with Gasteiger partial charge < -0.3 is 10.1 Å². The van der Waals surface area contributed by atoms with Crippen molar-refractivity contribution in [2.45, 2.75) is 51.7 Å². The summed E-state index contributed by atoms with van der Waals surface area (Å²) in [5.41, 5.74) is 3.82. The van der Waals surface area contributed by atoms with E-state index in [1.165, 1.54) is 24.0 Å². The molecule has 1 aromatic heterocycles. The fourth-order valence-electron chi connectivity index (χ4n) is 3.07. The molecular formula is C20H24N2O2. The maximum atomic E-state index is 12.4. The second-order valence-electron chi connectivity index (χ2n) is 6.23. The first-order valence-electron chi connectivity index (χ1n) is 8.71. The van der Waals surface area contributed by atoms with Gasteiger partial charge in [-0.25, -0.2) is 0 Å². The molecule has 0 fully saturated rings. The number of hydrogen-bond acceptors (Lipinski definition) is 3. The summed E-state index contributed by atoms with van der Waals surface area (Å²) >= 11 is 0. The number of benzene rings is 1. The van der Waals surface area contributed by atoms with Crippen LogP contribution in [0.1, 0.15) is 42.9 Å². The molecule has 3 rings (SSSR count). The van der Waals surface area contributed by atoms with Gasteiger partial charge in [0, 0.05) is 18.9 Å². The van der Waals surface area contributed by atoms with Gasteiger partial charge in [0.1, 0.15) is 5.75 Å². The van der Waals surface area contributed by atoms with E-state index >= 15 is 0 Å². The predicted octanol–water partition coefficient (Wildman–Crippen LogP) is 3.43. The number of aromatic nitrogens is 1. The summed E-state index contributed by atoms with van der Waals surface area (Å²) in [5, 5.41) is 2.94. The van der Waals surface area contributed by atoms with Gasteiger partial charge in [0.15, 0.2) is 6.10 Å². The molecule has 1 N–H and O–H groups in total. The van der Waals surface area contributed by atoms with E-state index in [-0.39, 0.29) is 5.91 Å². The highest BCUT2D eigenvalue weighted by molar-refractivity contribution is 5.81. The molecular weight excluding hydrogens is 300 g/mol. The molecule has 1 aromatic carbocycles. The zero-order valence-electron chi connectivity index (χ0n) is 14.1. The molecule has 0 aliphatic heterocycles. The topological polar surface area (TPSA) is 51.2 Å². The molecule has 1 aliphatic carbocycles. The highest BCUT2D eigenvalue weighted by Gasteiger charge is 2.19. The van der Waals surface area contributed by atoms with Gasteiger partial charge in [0.05, 0.1) is 0 Å². The SMILES string of the molecule is CCC(Oc1ccc2c(c1)CCCC2)C(=O)NCc1ccncc1. The third kappa shape index (κ3) is 4.13. The first-order valence-corrected chi connectivity index (χ1v) is 8.71. The Kier molecular flexibility index (Phi) is 5.47. The monoisotopic (exact) mass is 324 g/mol. The third-order valence-corrected chi connectivity index (χ3v) is 4.48. The van der Waals surface area contributed by atoms with Gasteiger partial charge in [-0.3, -0.25) is 9.78 Å². The molecule has 126 valence electrons. The molecule has 0 bridgehead atoms. The summed E-state index contributed by atoms with van der Waals surface area (Å²) in [6.07, 6.45) is 8.39. The lowest BCUT2D eigenvalue weighted by molar-refractivity contribution is -0.128. The lowest BCUT2D eigenvalue weighted by Crippen LogP contribution is -2.37. The van der Waals surface area contributed by atoms with E-state index in [4.69, 9.17) is 4.74 Å². The van der Waals surface area contributed by atoms with Gasteiger partial charge in [-0.1, -0.05) is 13.0 Å². The molecule has 4 heteroatoms. The number of carbonyl (C=O) groups is 1. The summed E-state index contributed by atoms with van der Waals surface area (Å²) in [7, 11) is 0. The summed E-state index contributed by atoms with van der Waals surface area (Å²) in [6, 6.07) is 10.0. The van der Waals surface area contributed by atoms with Gasteiger partial charge in [0.25, 0.3) is 5.91 Å². The Balaban J connectivity index is 1.60. The molecule has 1 atom stereocenters. The van der Waals surface area contributed by atoms with Gasteiger partial charge >= 0.3 is 0 Å². The van der Waals surface area contributed by atoms with E-state index in [0.717, 1.165) is 24.2 Å². The molecule has 0 spiro atoms. The van der Waals surface area contributed by atoms with Crippen molar-refractivity contribution in [2.75, 3.05) is 0 Å². The number of hydrogen-bond donors (Lipinski definition) is 1. The second-order valence-corrected chi connectivity index (χ2v) is 6.23. The van der Waals surface area contributed by atoms with Crippen LogP contribution in [0.25, 0.3) is 0 Å². The average Bonchev–Trinajstić information content (AvgIpc) is 2.65. The zero-order valence-corrected chi connectivity index (χ0v) is 14.1. The minimum Gasteiger partial charge on any atom is -0.481 e. The van der Waals surface area contributed by atoms with Crippen LogP contribution in [0, 0.1) is 0 Å². The van der Waals surface area contributed by atoms with Crippen LogP contribution in [0.2, 0.25) is 0 Å². The van der Waals surface area contributed by atoms with Crippen molar-refractivity contribution < 1.29 is 9.53 Å². The second kappa shape index (κ2) is 7.95. The van der Waals surface area contributed by atoms with Gasteiger partial charge in [0.2, 0.25) is 0 Å². The van der Waals surface area contributed by atoms with Crippen LogP contribution >= 0.6 is 0 Å². The highest BCUT2D eigenvalue weighted by atomic mass is 16.5. The first-order chi connectivity index (χ1) is 11.8. The molecule has 1 unspecified atom stereocenters. The van der Waals surface area contributed by atoms with Crippen LogP contribution < -0.4 is 10.1 Å². The van der Waals surface area contributed by atoms with Gasteiger partial charge in [-0.15, -0.1) is 0 Å². The maximum absolute atomic E-state index is 12.4. The molecule has 2 aromatic rings. The molecule has 0 radical (unpaired) electrons. The normalized spacial score (nSPS) is 14.5. The molecule has 1 heterocycles. The third-order valence-electron chi connectivity index (χ3n) is 4.48. The number of nitrogens with one attached hydrogen (secondary N) is 1. The van der Waals surface area contributed by atoms with Crippen molar-refractivity contribution in [3.63, 3.8) is 0 Å². The van der Waals surface area contributed by atoms with Crippen molar-refractivity contribution in [3.8, 4) is 5.75 Å². The quantitative estimate of drug-likeness (QED) is 0.885. The molecule has 0 saturated carbocycles. The number of rotatable bonds is 6. The average molecular weight is 324 g/mol. The summed E-state index contributed by atoms with van der Waals surface area (Å²) in [5.74, 6) is 0.716. The van der Waals surface area contributed by atoms with Crippen LogP contribution in [0.4, 0.5) is 0 Å². The van der Waals surface area contributed by atoms with Crippen LogP contribution in [-0.2, 0) is 24.2 Å². The Morgan fingerprint density at radius 1 is 1.17 bits per heavy atom. The van der Waals surface area contributed by atoms with E-state index in [0.29, 0.717) is 13.0 Å². The molecule has 1 amide bonds. The van der Waals surface area contributed by atoms with Crippen LogP contribution in [0.3, 0.4) is 0 Å². The Bertz CT molecular complexity index is 685. The minimum absolute atomic E-state index is 0.0768. The number of amides is 1. The zero-order chi connectivity index (χ0) is 16.8. The van der Waals surface area contributed by atoms with E-state index in [9.17, 15) is 4.79 Å². The molecule has 4 nitrogen and oxygen atoms in total. The number of nitrogens with zero attached hydrogens (tertiary/aromatic N) is 1. The Labute approximate surface area is 143 Å². The number of pyridine rings is 1. The fourth-order valence-corrected chi connectivity index (χ4v) is 3.07. The molecule has 0 saturated heterocycles. The van der Waals surface area contributed by atoms with Crippen molar-refractivity contribution in [1.82, 2.24) is 10.3 Å². The molecule has 1 aliphatic rings. The van der Waals surface area contributed by atoms with Crippen molar-refractivity contribution in [3.05, 3.63) is 59.4 Å². The lowest BCUT2D eigenvalue weighted by Gasteiger charge is -2.20. The standard InChI is InChI=1S/C20H24N2O2/c1-2-19(20(23)22-14-15-9-11-21-12-10-15)24-18-8-7-16-5-3-4-6-17(16)13-18/h7-13,19H,2-6,14H2,1H3,(H,22,23). The summed E-state index contributed by atoms with van der Waals surface area (Å²) in [6.45, 7) is 2.46. The van der Waals surface area contributed by atoms with E-state index in [1.807, 2.05) is 25.1 Å². The predicted molar refractivity (Wildman–Crippen MR) is 93.9 cm³/mol. The lowest BCUT2D eigenvalue weighted by atomic mass is 9.92. The summed E-state index contributed by atoms with van der Waals surface area (Å²) in [4.78, 5) is 16.4. The fraction of sp³-hybridized carbons (Fsp3) is 0.400. The summed E-state index contributed by atoms with van der Waals surface area (Å²) < 4.78 is 5.96. The number of fused-ring (bicyclic) bond motifs is 1. The smallest absolute Gasteiger partial charge is 0.261 e. The van der Waals surface area contributed by atoms with Crippen molar-refractivity contribution >= 4 is 5.91 Å². The van der Waals surface area contributed by atoms with E-state index in [2.05, 4.69) is 22.4 Å². The van der Waals surface area contributed by atoms with E-state index in [1.54, 1.807) is 12.4 Å². The Morgan fingerprint density at radius 2 is 1.92 bits per heavy atom. The highest BCUT2D eigenvalue weighted by Crippen LogP contribution is 2.26. The van der Waals surface area contributed by atoms with Crippen LogP contribution in [0.5, 0.6) is 5.75 Å². The van der Waals surface area contributed by atoms with Gasteiger partial charge in [-0.2, -0.15) is 0 Å². The first kappa shape index (κ1) is 16.5. The van der Waals surface area contributed by atoms with E-state index < -0.39 is 6.10 Å². The minimum atomic E-state index is -0.464. The Hall–Kier alpha value is -2.36. The molecule has 24 heavy (non-hydrogen) atoms. The number of aryl methyl sites for hydroxylation is 2.